The third-order valence-electron chi connectivity index (χ3n) is 2.03. The van der Waals surface area contributed by atoms with Gasteiger partial charge in [-0.25, -0.2) is 0 Å². The lowest BCUT2D eigenvalue weighted by Crippen LogP contribution is -2.15. The Labute approximate surface area is 95.2 Å². The van der Waals surface area contributed by atoms with E-state index in [0.717, 1.165) is 5.56 Å². The summed E-state index contributed by atoms with van der Waals surface area (Å²) in [6.45, 7) is 2.06. The van der Waals surface area contributed by atoms with E-state index in [4.69, 9.17) is 9.29 Å². The monoisotopic (exact) mass is 245 g/mol. The Kier molecular flexibility index (Phi) is 4.14. The van der Waals surface area contributed by atoms with E-state index in [9.17, 15) is 8.42 Å². The number of ether oxygens (including phenoxy) is 1. The summed E-state index contributed by atoms with van der Waals surface area (Å²) in [4.78, 5) is 0. The zero-order chi connectivity index (χ0) is 12.2. The minimum Gasteiger partial charge on any atom is -0.495 e. The summed E-state index contributed by atoms with van der Waals surface area (Å²) in [5, 5.41) is 2.90. The summed E-state index contributed by atoms with van der Waals surface area (Å²) in [6.07, 6.45) is 0. The summed E-state index contributed by atoms with van der Waals surface area (Å²) in [7, 11) is -2.39. The van der Waals surface area contributed by atoms with Crippen molar-refractivity contribution in [1.82, 2.24) is 0 Å². The fourth-order valence-electron chi connectivity index (χ4n) is 1.27. The molecule has 0 aliphatic rings. The number of aryl methyl sites for hydroxylation is 1. The lowest BCUT2D eigenvalue weighted by atomic mass is 10.2. The van der Waals surface area contributed by atoms with E-state index in [0.29, 0.717) is 11.4 Å². The first-order chi connectivity index (χ1) is 7.42. The number of anilines is 1. The molecule has 0 saturated carbocycles. The average Bonchev–Trinajstić information content (AvgIpc) is 2.16. The van der Waals surface area contributed by atoms with Crippen LogP contribution in [0.4, 0.5) is 5.69 Å². The van der Waals surface area contributed by atoms with Crippen LogP contribution in [0.15, 0.2) is 18.2 Å². The molecule has 0 fully saturated rings. The predicted octanol–water partition coefficient (Wildman–Crippen LogP) is 1.30. The van der Waals surface area contributed by atoms with Gasteiger partial charge in [0.2, 0.25) is 0 Å². The van der Waals surface area contributed by atoms with Gasteiger partial charge in [0, 0.05) is 6.54 Å². The summed E-state index contributed by atoms with van der Waals surface area (Å²) < 4.78 is 34.7. The molecule has 0 bridgehead atoms. The van der Waals surface area contributed by atoms with Gasteiger partial charge in [-0.15, -0.1) is 0 Å². The number of hydrogen-bond donors (Lipinski definition) is 2. The van der Waals surface area contributed by atoms with E-state index >= 15 is 0 Å². The number of methoxy groups -OCH3 is 1. The van der Waals surface area contributed by atoms with Gasteiger partial charge in [0.05, 0.1) is 18.6 Å². The molecule has 1 rings (SSSR count). The van der Waals surface area contributed by atoms with E-state index in [1.807, 2.05) is 19.1 Å². The SMILES string of the molecule is COc1ccc(C)cc1NCCS(=O)(=O)O. The van der Waals surface area contributed by atoms with Crippen molar-refractivity contribution in [3.63, 3.8) is 0 Å². The third-order valence-corrected chi connectivity index (χ3v) is 2.75. The van der Waals surface area contributed by atoms with E-state index in [2.05, 4.69) is 5.32 Å². The highest BCUT2D eigenvalue weighted by Crippen LogP contribution is 2.24. The Morgan fingerprint density at radius 1 is 1.44 bits per heavy atom. The Bertz CT molecular complexity index is 456. The topological polar surface area (TPSA) is 75.6 Å². The molecule has 0 heterocycles. The Morgan fingerprint density at radius 3 is 2.69 bits per heavy atom. The third kappa shape index (κ3) is 4.08. The van der Waals surface area contributed by atoms with E-state index in [1.54, 1.807) is 13.2 Å². The second-order valence-corrected chi connectivity index (χ2v) is 4.99. The van der Waals surface area contributed by atoms with Crippen LogP contribution in [-0.2, 0) is 10.1 Å². The summed E-state index contributed by atoms with van der Waals surface area (Å²) in [5.74, 6) is 0.310. The van der Waals surface area contributed by atoms with Crippen LogP contribution in [0.25, 0.3) is 0 Å². The van der Waals surface area contributed by atoms with Gasteiger partial charge in [-0.05, 0) is 24.6 Å². The minimum absolute atomic E-state index is 0.138. The van der Waals surface area contributed by atoms with Crippen molar-refractivity contribution in [2.24, 2.45) is 0 Å². The van der Waals surface area contributed by atoms with Gasteiger partial charge in [0.1, 0.15) is 5.75 Å². The number of benzene rings is 1. The van der Waals surface area contributed by atoms with Gasteiger partial charge in [0.15, 0.2) is 0 Å². The largest absolute Gasteiger partial charge is 0.495 e. The first-order valence-electron chi connectivity index (χ1n) is 4.76. The van der Waals surface area contributed by atoms with Crippen molar-refractivity contribution in [2.75, 3.05) is 24.7 Å². The van der Waals surface area contributed by atoms with Crippen molar-refractivity contribution in [3.8, 4) is 5.75 Å². The molecular formula is C10H15NO4S. The number of hydrogen-bond acceptors (Lipinski definition) is 4. The van der Waals surface area contributed by atoms with E-state index < -0.39 is 10.1 Å². The molecule has 0 atom stereocenters. The molecule has 0 radical (unpaired) electrons. The molecule has 90 valence electrons. The van der Waals surface area contributed by atoms with Crippen molar-refractivity contribution in [1.29, 1.82) is 0 Å². The van der Waals surface area contributed by atoms with Crippen molar-refractivity contribution in [3.05, 3.63) is 23.8 Å². The van der Waals surface area contributed by atoms with Crippen LogP contribution in [0.1, 0.15) is 5.56 Å². The number of rotatable bonds is 5. The molecule has 0 aliphatic heterocycles. The molecule has 0 unspecified atom stereocenters. The molecule has 5 nitrogen and oxygen atoms in total. The second-order valence-electron chi connectivity index (χ2n) is 3.42. The summed E-state index contributed by atoms with van der Waals surface area (Å²) >= 11 is 0. The van der Waals surface area contributed by atoms with Gasteiger partial charge in [-0.1, -0.05) is 6.07 Å². The maximum absolute atomic E-state index is 10.5. The molecule has 16 heavy (non-hydrogen) atoms. The first-order valence-corrected chi connectivity index (χ1v) is 6.37. The van der Waals surface area contributed by atoms with Crippen molar-refractivity contribution in [2.45, 2.75) is 6.92 Å². The molecule has 0 aliphatic carbocycles. The lowest BCUT2D eigenvalue weighted by molar-refractivity contribution is 0.416. The summed E-state index contributed by atoms with van der Waals surface area (Å²) in [6, 6.07) is 5.54. The molecule has 0 spiro atoms. The minimum atomic E-state index is -3.93. The average molecular weight is 245 g/mol. The van der Waals surface area contributed by atoms with Gasteiger partial charge >= 0.3 is 0 Å². The standard InChI is InChI=1S/C10H15NO4S/c1-8-3-4-10(15-2)9(7-8)11-5-6-16(12,13)14/h3-4,7,11H,5-6H2,1-2H3,(H,12,13,14). The molecule has 0 amide bonds. The molecular weight excluding hydrogens is 230 g/mol. The Morgan fingerprint density at radius 2 is 2.12 bits per heavy atom. The van der Waals surface area contributed by atoms with Crippen molar-refractivity contribution >= 4 is 15.8 Å². The van der Waals surface area contributed by atoms with Crippen LogP contribution in [0, 0.1) is 6.92 Å². The fourth-order valence-corrected chi connectivity index (χ4v) is 1.63. The maximum atomic E-state index is 10.5. The second kappa shape index (κ2) is 5.18. The maximum Gasteiger partial charge on any atom is 0.266 e. The molecule has 0 saturated heterocycles. The molecule has 1 aromatic rings. The number of nitrogens with one attached hydrogen (secondary N) is 1. The first kappa shape index (κ1) is 12.8. The Balaban J connectivity index is 2.69. The quantitative estimate of drug-likeness (QED) is 0.765. The molecule has 2 N–H and O–H groups in total. The van der Waals surface area contributed by atoms with Crippen LogP contribution in [0.5, 0.6) is 5.75 Å². The smallest absolute Gasteiger partial charge is 0.266 e. The van der Waals surface area contributed by atoms with Crippen LogP contribution >= 0.6 is 0 Å². The van der Waals surface area contributed by atoms with Crippen LogP contribution < -0.4 is 10.1 Å². The highest BCUT2D eigenvalue weighted by Gasteiger charge is 2.06. The zero-order valence-corrected chi connectivity index (χ0v) is 10.0. The van der Waals surface area contributed by atoms with Gasteiger partial charge in [0.25, 0.3) is 10.1 Å². The van der Waals surface area contributed by atoms with E-state index in [-0.39, 0.29) is 12.3 Å². The van der Waals surface area contributed by atoms with Crippen LogP contribution in [0.2, 0.25) is 0 Å². The molecule has 1 aromatic carbocycles. The van der Waals surface area contributed by atoms with Crippen molar-refractivity contribution < 1.29 is 17.7 Å². The highest BCUT2D eigenvalue weighted by atomic mass is 32.2. The van der Waals surface area contributed by atoms with E-state index in [1.165, 1.54) is 0 Å². The van der Waals surface area contributed by atoms with Gasteiger partial charge in [-0.2, -0.15) is 8.42 Å². The molecule has 6 heteroatoms. The van der Waals surface area contributed by atoms with Crippen LogP contribution in [-0.4, -0.2) is 32.4 Å². The predicted molar refractivity (Wildman–Crippen MR) is 62.6 cm³/mol. The highest BCUT2D eigenvalue weighted by molar-refractivity contribution is 7.85. The molecule has 0 aromatic heterocycles. The lowest BCUT2D eigenvalue weighted by Gasteiger charge is -2.11. The fraction of sp³-hybridized carbons (Fsp3) is 0.400. The zero-order valence-electron chi connectivity index (χ0n) is 9.23. The van der Waals surface area contributed by atoms with Gasteiger partial charge < -0.3 is 10.1 Å². The Hall–Kier alpha value is -1.27. The normalized spacial score (nSPS) is 11.2. The van der Waals surface area contributed by atoms with Gasteiger partial charge in [-0.3, -0.25) is 4.55 Å². The summed E-state index contributed by atoms with van der Waals surface area (Å²) in [5.41, 5.74) is 1.75. The van der Waals surface area contributed by atoms with Crippen LogP contribution in [0.3, 0.4) is 0 Å².